The summed E-state index contributed by atoms with van der Waals surface area (Å²) in [5.41, 5.74) is -0.664. The van der Waals surface area contributed by atoms with Gasteiger partial charge in [-0.25, -0.2) is 9.97 Å². The molecule has 2 aliphatic rings. The Labute approximate surface area is 142 Å². The summed E-state index contributed by atoms with van der Waals surface area (Å²) in [6.07, 6.45) is -0.637. The third-order valence-corrected chi connectivity index (χ3v) is 4.87. The number of nitrogens with zero attached hydrogens (tertiary/aromatic N) is 4. The highest BCUT2D eigenvalue weighted by Gasteiger charge is 2.42. The first-order valence-corrected chi connectivity index (χ1v) is 8.26. The van der Waals surface area contributed by atoms with Crippen molar-refractivity contribution in [2.45, 2.75) is 50.0 Å². The number of hydrogen-bond donors (Lipinski definition) is 1. The third-order valence-electron chi connectivity index (χ3n) is 4.87. The largest absolute Gasteiger partial charge is 0.433 e. The molecule has 4 rings (SSSR count). The minimum atomic E-state index is -4.56. The summed E-state index contributed by atoms with van der Waals surface area (Å²) in [7, 11) is 0. The summed E-state index contributed by atoms with van der Waals surface area (Å²) in [5.74, 6) is 0.235. The molecule has 2 unspecified atom stereocenters. The fourth-order valence-electron chi connectivity index (χ4n) is 3.84. The van der Waals surface area contributed by atoms with Gasteiger partial charge in [-0.3, -0.25) is 4.98 Å². The molecule has 2 fully saturated rings. The van der Waals surface area contributed by atoms with Crippen LogP contribution in [0.4, 0.5) is 19.0 Å². The first-order valence-electron chi connectivity index (χ1n) is 8.26. The summed E-state index contributed by atoms with van der Waals surface area (Å²) in [4.78, 5) is 14.1. The van der Waals surface area contributed by atoms with E-state index in [-0.39, 0.29) is 23.7 Å². The van der Waals surface area contributed by atoms with E-state index in [4.69, 9.17) is 0 Å². The summed E-state index contributed by atoms with van der Waals surface area (Å²) < 4.78 is 40.0. The number of fused-ring (bicyclic) bond motifs is 2. The molecule has 2 atom stereocenters. The molecule has 0 saturated carbocycles. The molecule has 2 saturated heterocycles. The fraction of sp³-hybridized carbons (Fsp3) is 0.471. The Morgan fingerprint density at radius 2 is 1.80 bits per heavy atom. The molecule has 2 bridgehead atoms. The van der Waals surface area contributed by atoms with Crippen LogP contribution in [-0.2, 0) is 6.18 Å². The molecule has 25 heavy (non-hydrogen) atoms. The van der Waals surface area contributed by atoms with E-state index in [9.17, 15) is 18.3 Å². The highest BCUT2D eigenvalue weighted by atomic mass is 19.4. The van der Waals surface area contributed by atoms with E-state index in [1.807, 2.05) is 4.90 Å². The van der Waals surface area contributed by atoms with Crippen molar-refractivity contribution in [1.82, 2.24) is 15.0 Å². The van der Waals surface area contributed by atoms with Gasteiger partial charge in [0.25, 0.3) is 0 Å². The number of aromatic nitrogens is 3. The SMILES string of the molecule is OC1CC2CCC(C1)N2c1cc(C(F)(F)F)nc(-c2ccccn2)n1. The zero-order valence-electron chi connectivity index (χ0n) is 13.3. The molecule has 0 aliphatic carbocycles. The van der Waals surface area contributed by atoms with Crippen LogP contribution in [-0.4, -0.2) is 38.2 Å². The van der Waals surface area contributed by atoms with E-state index >= 15 is 0 Å². The summed E-state index contributed by atoms with van der Waals surface area (Å²) in [6.45, 7) is 0. The molecule has 2 aliphatic heterocycles. The normalized spacial score (nSPS) is 26.1. The van der Waals surface area contributed by atoms with E-state index in [1.54, 1.807) is 18.2 Å². The van der Waals surface area contributed by atoms with Gasteiger partial charge in [0.1, 0.15) is 11.5 Å². The number of alkyl halides is 3. The standard InChI is InChI=1S/C17H17F3N4O/c18-17(19,20)14-9-15(23-16(22-14)13-3-1-2-6-21-13)24-10-4-5-11(24)8-12(25)7-10/h1-3,6,9-12,25H,4-5,7-8H2. The van der Waals surface area contributed by atoms with Gasteiger partial charge in [0, 0.05) is 24.3 Å². The second-order valence-corrected chi connectivity index (χ2v) is 6.57. The predicted octanol–water partition coefficient (Wildman–Crippen LogP) is 3.05. The number of rotatable bonds is 2. The number of hydrogen-bond acceptors (Lipinski definition) is 5. The first kappa shape index (κ1) is 16.3. The van der Waals surface area contributed by atoms with Crippen molar-refractivity contribution in [2.24, 2.45) is 0 Å². The van der Waals surface area contributed by atoms with Crippen molar-refractivity contribution < 1.29 is 18.3 Å². The molecule has 1 N–H and O–H groups in total. The molecule has 0 amide bonds. The summed E-state index contributed by atoms with van der Waals surface area (Å²) >= 11 is 0. The molecular formula is C17H17F3N4O. The Kier molecular flexibility index (Phi) is 3.87. The summed E-state index contributed by atoms with van der Waals surface area (Å²) in [6, 6.07) is 6.00. The molecule has 0 aromatic carbocycles. The minimum absolute atomic E-state index is 0.0151. The molecule has 0 radical (unpaired) electrons. The minimum Gasteiger partial charge on any atom is -0.393 e. The zero-order valence-corrected chi connectivity index (χ0v) is 13.3. The van der Waals surface area contributed by atoms with Crippen LogP contribution in [0.25, 0.3) is 11.5 Å². The predicted molar refractivity (Wildman–Crippen MR) is 84.8 cm³/mol. The second kappa shape index (κ2) is 5.94. The lowest BCUT2D eigenvalue weighted by molar-refractivity contribution is -0.141. The Bertz CT molecular complexity index is 754. The number of pyridine rings is 1. The highest BCUT2D eigenvalue weighted by molar-refractivity contribution is 5.55. The quantitative estimate of drug-likeness (QED) is 0.902. The van der Waals surface area contributed by atoms with Crippen LogP contribution in [0.1, 0.15) is 31.4 Å². The second-order valence-electron chi connectivity index (χ2n) is 6.57. The van der Waals surface area contributed by atoms with Crippen molar-refractivity contribution >= 4 is 5.82 Å². The number of piperidine rings is 1. The Hall–Kier alpha value is -2.22. The Balaban J connectivity index is 1.80. The number of anilines is 1. The summed E-state index contributed by atoms with van der Waals surface area (Å²) in [5, 5.41) is 9.92. The average molecular weight is 350 g/mol. The van der Waals surface area contributed by atoms with Gasteiger partial charge in [-0.05, 0) is 37.8 Å². The monoisotopic (exact) mass is 350 g/mol. The van der Waals surface area contributed by atoms with Crippen molar-refractivity contribution in [3.05, 3.63) is 36.2 Å². The van der Waals surface area contributed by atoms with Gasteiger partial charge < -0.3 is 10.0 Å². The van der Waals surface area contributed by atoms with Crippen LogP contribution in [0.5, 0.6) is 0 Å². The molecular weight excluding hydrogens is 333 g/mol. The highest BCUT2D eigenvalue weighted by Crippen LogP contribution is 2.40. The number of aliphatic hydroxyl groups excluding tert-OH is 1. The Morgan fingerprint density at radius 3 is 2.40 bits per heavy atom. The van der Waals surface area contributed by atoms with Crippen molar-refractivity contribution in [3.8, 4) is 11.5 Å². The van der Waals surface area contributed by atoms with Gasteiger partial charge in [-0.1, -0.05) is 6.07 Å². The van der Waals surface area contributed by atoms with Gasteiger partial charge in [-0.2, -0.15) is 13.2 Å². The lowest BCUT2D eigenvalue weighted by atomic mass is 10.00. The van der Waals surface area contributed by atoms with Crippen molar-refractivity contribution in [2.75, 3.05) is 4.90 Å². The maximum Gasteiger partial charge on any atom is 0.433 e. The van der Waals surface area contributed by atoms with E-state index in [0.29, 0.717) is 18.5 Å². The molecule has 2 aromatic heterocycles. The van der Waals surface area contributed by atoms with Gasteiger partial charge in [-0.15, -0.1) is 0 Å². The molecule has 2 aromatic rings. The molecule has 5 nitrogen and oxygen atoms in total. The maximum absolute atomic E-state index is 13.3. The molecule has 4 heterocycles. The molecule has 0 spiro atoms. The maximum atomic E-state index is 13.3. The van der Waals surface area contributed by atoms with Crippen LogP contribution in [0.2, 0.25) is 0 Å². The lowest BCUT2D eigenvalue weighted by Crippen LogP contribution is -2.45. The van der Waals surface area contributed by atoms with E-state index < -0.39 is 18.0 Å². The van der Waals surface area contributed by atoms with E-state index in [1.165, 1.54) is 6.20 Å². The third kappa shape index (κ3) is 3.06. The zero-order chi connectivity index (χ0) is 17.6. The van der Waals surface area contributed by atoms with Gasteiger partial charge in [0.05, 0.1) is 6.10 Å². The molecule has 132 valence electrons. The van der Waals surface area contributed by atoms with Crippen molar-refractivity contribution in [3.63, 3.8) is 0 Å². The number of aliphatic hydroxyl groups is 1. The topological polar surface area (TPSA) is 62.1 Å². The molecule has 8 heteroatoms. The van der Waals surface area contributed by atoms with E-state index in [2.05, 4.69) is 15.0 Å². The number of halogens is 3. The van der Waals surface area contributed by atoms with Crippen LogP contribution in [0.15, 0.2) is 30.5 Å². The van der Waals surface area contributed by atoms with Crippen LogP contribution in [0.3, 0.4) is 0 Å². The first-order chi connectivity index (χ1) is 11.9. The van der Waals surface area contributed by atoms with E-state index in [0.717, 1.165) is 18.9 Å². The lowest BCUT2D eigenvalue weighted by Gasteiger charge is -2.38. The van der Waals surface area contributed by atoms with Gasteiger partial charge in [0.2, 0.25) is 0 Å². The smallest absolute Gasteiger partial charge is 0.393 e. The van der Waals surface area contributed by atoms with Gasteiger partial charge in [0.15, 0.2) is 11.5 Å². The van der Waals surface area contributed by atoms with Crippen LogP contribution in [0, 0.1) is 0 Å². The van der Waals surface area contributed by atoms with Crippen LogP contribution >= 0.6 is 0 Å². The van der Waals surface area contributed by atoms with Crippen molar-refractivity contribution in [1.29, 1.82) is 0 Å². The Morgan fingerprint density at radius 1 is 1.08 bits per heavy atom. The average Bonchev–Trinajstić information content (AvgIpc) is 2.86. The fourth-order valence-corrected chi connectivity index (χ4v) is 3.84. The van der Waals surface area contributed by atoms with Crippen LogP contribution < -0.4 is 4.90 Å². The van der Waals surface area contributed by atoms with Gasteiger partial charge >= 0.3 is 6.18 Å².